The van der Waals surface area contributed by atoms with Gasteiger partial charge in [-0.25, -0.2) is 0 Å². The SMILES string of the molecule is CCNC(=O)CN1CCC(C)(C(N)=S)CC1. The molecule has 1 amide bonds. The van der Waals surface area contributed by atoms with E-state index in [0.717, 1.165) is 25.9 Å². The molecule has 5 heteroatoms. The molecule has 0 saturated carbocycles. The third-order valence-corrected chi connectivity index (χ3v) is 3.79. The predicted molar refractivity (Wildman–Crippen MR) is 69.3 cm³/mol. The number of carbonyl (C=O) groups is 1. The molecule has 0 spiro atoms. The molecule has 0 aliphatic carbocycles. The fraction of sp³-hybridized carbons (Fsp3) is 0.818. The van der Waals surface area contributed by atoms with E-state index in [1.54, 1.807) is 0 Å². The first-order valence-corrected chi connectivity index (χ1v) is 6.18. The van der Waals surface area contributed by atoms with Crippen LogP contribution in [0.1, 0.15) is 26.7 Å². The number of likely N-dealkylation sites (N-methyl/N-ethyl adjacent to an activating group) is 1. The van der Waals surface area contributed by atoms with Gasteiger partial charge in [0.2, 0.25) is 5.91 Å². The maximum Gasteiger partial charge on any atom is 0.234 e. The first-order valence-electron chi connectivity index (χ1n) is 5.77. The number of nitrogens with two attached hydrogens (primary N) is 1. The van der Waals surface area contributed by atoms with Crippen molar-refractivity contribution in [3.05, 3.63) is 0 Å². The minimum atomic E-state index is -0.0208. The highest BCUT2D eigenvalue weighted by atomic mass is 32.1. The molecular weight excluding hydrogens is 222 g/mol. The topological polar surface area (TPSA) is 58.4 Å². The van der Waals surface area contributed by atoms with Gasteiger partial charge in [-0.2, -0.15) is 0 Å². The Morgan fingerprint density at radius 2 is 2.06 bits per heavy atom. The highest BCUT2D eigenvalue weighted by Crippen LogP contribution is 2.30. The largest absolute Gasteiger partial charge is 0.393 e. The van der Waals surface area contributed by atoms with Crippen LogP contribution in [0.3, 0.4) is 0 Å². The standard InChI is InChI=1S/C11H21N3OS/c1-3-13-9(15)8-14-6-4-11(2,5-7-14)10(12)16/h3-8H2,1-2H3,(H2,12,16)(H,13,15). The monoisotopic (exact) mass is 243 g/mol. The number of nitrogens with zero attached hydrogens (tertiary/aromatic N) is 1. The molecule has 1 saturated heterocycles. The van der Waals surface area contributed by atoms with E-state index in [0.29, 0.717) is 18.1 Å². The summed E-state index contributed by atoms with van der Waals surface area (Å²) in [4.78, 5) is 14.2. The maximum absolute atomic E-state index is 11.4. The summed E-state index contributed by atoms with van der Waals surface area (Å²) in [7, 11) is 0. The van der Waals surface area contributed by atoms with E-state index in [1.165, 1.54) is 0 Å². The molecule has 0 aromatic carbocycles. The van der Waals surface area contributed by atoms with Gasteiger partial charge in [-0.05, 0) is 32.9 Å². The van der Waals surface area contributed by atoms with E-state index < -0.39 is 0 Å². The van der Waals surface area contributed by atoms with Gasteiger partial charge in [0.25, 0.3) is 0 Å². The minimum absolute atomic E-state index is 0.0208. The minimum Gasteiger partial charge on any atom is -0.393 e. The van der Waals surface area contributed by atoms with Crippen molar-refractivity contribution in [1.82, 2.24) is 10.2 Å². The van der Waals surface area contributed by atoms with Gasteiger partial charge < -0.3 is 11.1 Å². The Morgan fingerprint density at radius 1 is 1.50 bits per heavy atom. The Morgan fingerprint density at radius 3 is 2.50 bits per heavy atom. The quantitative estimate of drug-likeness (QED) is 0.706. The van der Waals surface area contributed by atoms with Gasteiger partial charge >= 0.3 is 0 Å². The smallest absolute Gasteiger partial charge is 0.234 e. The molecule has 0 unspecified atom stereocenters. The van der Waals surface area contributed by atoms with Gasteiger partial charge in [-0.15, -0.1) is 0 Å². The molecule has 1 aliphatic heterocycles. The fourth-order valence-electron chi connectivity index (χ4n) is 1.91. The zero-order chi connectivity index (χ0) is 12.2. The van der Waals surface area contributed by atoms with Crippen LogP contribution in [0.2, 0.25) is 0 Å². The van der Waals surface area contributed by atoms with Crippen molar-refractivity contribution in [3.63, 3.8) is 0 Å². The average Bonchev–Trinajstić information content (AvgIpc) is 2.22. The van der Waals surface area contributed by atoms with Gasteiger partial charge in [-0.3, -0.25) is 9.69 Å². The van der Waals surface area contributed by atoms with Crippen molar-refractivity contribution in [3.8, 4) is 0 Å². The van der Waals surface area contributed by atoms with E-state index in [-0.39, 0.29) is 11.3 Å². The van der Waals surface area contributed by atoms with Crippen LogP contribution in [0, 0.1) is 5.41 Å². The lowest BCUT2D eigenvalue weighted by atomic mass is 9.80. The molecule has 0 aromatic rings. The molecule has 3 N–H and O–H groups in total. The Kier molecular flexibility index (Phi) is 4.68. The van der Waals surface area contributed by atoms with E-state index in [2.05, 4.69) is 17.1 Å². The van der Waals surface area contributed by atoms with E-state index >= 15 is 0 Å². The Labute approximate surface area is 103 Å². The number of hydrogen-bond acceptors (Lipinski definition) is 3. The summed E-state index contributed by atoms with van der Waals surface area (Å²) in [6, 6.07) is 0. The Balaban J connectivity index is 2.37. The second-order valence-corrected chi connectivity index (χ2v) is 5.09. The molecule has 0 bridgehead atoms. The Hall–Kier alpha value is -0.680. The summed E-state index contributed by atoms with van der Waals surface area (Å²) in [5, 5.41) is 2.81. The lowest BCUT2D eigenvalue weighted by Gasteiger charge is -2.38. The van der Waals surface area contributed by atoms with Crippen molar-refractivity contribution < 1.29 is 4.79 Å². The van der Waals surface area contributed by atoms with Crippen LogP contribution in [-0.2, 0) is 4.79 Å². The maximum atomic E-state index is 11.4. The molecule has 0 aromatic heterocycles. The summed E-state index contributed by atoms with van der Waals surface area (Å²) in [6.07, 6.45) is 1.89. The van der Waals surface area contributed by atoms with Gasteiger partial charge in [0, 0.05) is 12.0 Å². The third kappa shape index (κ3) is 3.42. The summed E-state index contributed by atoms with van der Waals surface area (Å²) in [6.45, 7) is 7.01. The molecule has 4 nitrogen and oxygen atoms in total. The number of likely N-dealkylation sites (tertiary alicyclic amines) is 1. The van der Waals surface area contributed by atoms with Crippen LogP contribution in [0.15, 0.2) is 0 Å². The number of amides is 1. The van der Waals surface area contributed by atoms with Crippen LogP contribution in [0.25, 0.3) is 0 Å². The summed E-state index contributed by atoms with van der Waals surface area (Å²) in [5.74, 6) is 0.0985. The van der Waals surface area contributed by atoms with Gasteiger partial charge in [0.15, 0.2) is 0 Å². The highest BCUT2D eigenvalue weighted by Gasteiger charge is 2.32. The zero-order valence-corrected chi connectivity index (χ0v) is 10.9. The Bertz CT molecular complexity index is 272. The lowest BCUT2D eigenvalue weighted by Crippen LogP contribution is -2.47. The molecule has 92 valence electrons. The van der Waals surface area contributed by atoms with Crippen molar-refractivity contribution in [2.75, 3.05) is 26.2 Å². The summed E-state index contributed by atoms with van der Waals surface area (Å²) < 4.78 is 0. The van der Waals surface area contributed by atoms with Crippen molar-refractivity contribution >= 4 is 23.1 Å². The van der Waals surface area contributed by atoms with E-state index in [9.17, 15) is 4.79 Å². The molecule has 16 heavy (non-hydrogen) atoms. The number of thiocarbonyl (C=S) groups is 1. The first-order chi connectivity index (χ1) is 7.48. The van der Waals surface area contributed by atoms with Crippen LogP contribution in [0.5, 0.6) is 0 Å². The second kappa shape index (κ2) is 5.59. The number of piperidine rings is 1. The molecule has 1 heterocycles. The molecule has 1 rings (SSSR count). The molecule has 0 radical (unpaired) electrons. The number of carbonyl (C=O) groups excluding carboxylic acids is 1. The van der Waals surface area contributed by atoms with Crippen molar-refractivity contribution in [1.29, 1.82) is 0 Å². The van der Waals surface area contributed by atoms with Crippen LogP contribution in [-0.4, -0.2) is 42.0 Å². The van der Waals surface area contributed by atoms with Crippen LogP contribution < -0.4 is 11.1 Å². The van der Waals surface area contributed by atoms with Gasteiger partial charge in [0.1, 0.15) is 0 Å². The van der Waals surface area contributed by atoms with Gasteiger partial charge in [-0.1, -0.05) is 19.1 Å². The highest BCUT2D eigenvalue weighted by molar-refractivity contribution is 7.80. The number of rotatable bonds is 4. The van der Waals surface area contributed by atoms with E-state index in [4.69, 9.17) is 18.0 Å². The molecule has 1 fully saturated rings. The second-order valence-electron chi connectivity index (χ2n) is 4.65. The molecular formula is C11H21N3OS. The lowest BCUT2D eigenvalue weighted by molar-refractivity contribution is -0.122. The summed E-state index contributed by atoms with van der Waals surface area (Å²) >= 11 is 5.08. The van der Waals surface area contributed by atoms with Gasteiger partial charge in [0.05, 0.1) is 11.5 Å². The van der Waals surface area contributed by atoms with E-state index in [1.807, 2.05) is 6.92 Å². The van der Waals surface area contributed by atoms with Crippen molar-refractivity contribution in [2.45, 2.75) is 26.7 Å². The zero-order valence-electron chi connectivity index (χ0n) is 10.1. The molecule has 0 atom stereocenters. The number of nitrogens with one attached hydrogen (secondary N) is 1. The average molecular weight is 243 g/mol. The third-order valence-electron chi connectivity index (χ3n) is 3.30. The summed E-state index contributed by atoms with van der Waals surface area (Å²) in [5.41, 5.74) is 5.71. The fourth-order valence-corrected chi connectivity index (χ4v) is 2.11. The normalized spacial score (nSPS) is 20.4. The van der Waals surface area contributed by atoms with Crippen LogP contribution in [0.4, 0.5) is 0 Å². The van der Waals surface area contributed by atoms with Crippen molar-refractivity contribution in [2.24, 2.45) is 11.1 Å². The first kappa shape index (κ1) is 13.4. The molecule has 1 aliphatic rings. The predicted octanol–water partition coefficient (Wildman–Crippen LogP) is 0.511. The van der Waals surface area contributed by atoms with Crippen LogP contribution >= 0.6 is 12.2 Å². The number of hydrogen-bond donors (Lipinski definition) is 2.